The minimum Gasteiger partial charge on any atom is -0.493 e. The third kappa shape index (κ3) is 5.42. The second-order valence-corrected chi connectivity index (χ2v) is 7.72. The van der Waals surface area contributed by atoms with Gasteiger partial charge >= 0.3 is 0 Å². The maximum absolute atomic E-state index is 12.2. The van der Waals surface area contributed by atoms with Crippen LogP contribution in [0.2, 0.25) is 0 Å². The molecule has 0 bridgehead atoms. The normalized spacial score (nSPS) is 10.7. The van der Waals surface area contributed by atoms with E-state index in [1.54, 1.807) is 0 Å². The lowest BCUT2D eigenvalue weighted by molar-refractivity contribution is -0.116. The molecular weight excluding hydrogens is 368 g/mol. The summed E-state index contributed by atoms with van der Waals surface area (Å²) < 4.78 is 5.78. The fourth-order valence-electron chi connectivity index (χ4n) is 2.93. The Morgan fingerprint density at radius 3 is 2.64 bits per heavy atom. The zero-order chi connectivity index (χ0) is 19.9. The second kappa shape index (κ2) is 9.51. The number of anilines is 1. The summed E-state index contributed by atoms with van der Waals surface area (Å²) in [7, 11) is 0. The van der Waals surface area contributed by atoms with Gasteiger partial charge in [-0.05, 0) is 43.9 Å². The quantitative estimate of drug-likeness (QED) is 0.492. The molecule has 0 radical (unpaired) electrons. The highest BCUT2D eigenvalue weighted by molar-refractivity contribution is 7.14. The van der Waals surface area contributed by atoms with E-state index < -0.39 is 0 Å². The van der Waals surface area contributed by atoms with Crippen molar-refractivity contribution in [2.45, 2.75) is 40.0 Å². The Kier molecular flexibility index (Phi) is 6.82. The van der Waals surface area contributed by atoms with Crippen LogP contribution in [0, 0.1) is 13.8 Å². The molecule has 4 nitrogen and oxygen atoms in total. The number of amides is 1. The van der Waals surface area contributed by atoms with Crippen LogP contribution in [-0.4, -0.2) is 17.5 Å². The number of hydrogen-bond acceptors (Lipinski definition) is 4. The van der Waals surface area contributed by atoms with Gasteiger partial charge in [-0.25, -0.2) is 4.98 Å². The first kappa shape index (κ1) is 20.1. The first-order valence-electron chi connectivity index (χ1n) is 9.60. The van der Waals surface area contributed by atoms with Gasteiger partial charge < -0.3 is 10.1 Å². The number of aromatic nitrogens is 1. The Morgan fingerprint density at radius 2 is 1.93 bits per heavy atom. The van der Waals surface area contributed by atoms with Crippen molar-refractivity contribution in [1.29, 1.82) is 0 Å². The van der Waals surface area contributed by atoms with Gasteiger partial charge in [0.25, 0.3) is 0 Å². The molecule has 0 aliphatic heterocycles. The lowest BCUT2D eigenvalue weighted by Crippen LogP contribution is -2.12. The summed E-state index contributed by atoms with van der Waals surface area (Å²) in [6, 6.07) is 14.5. The van der Waals surface area contributed by atoms with Gasteiger partial charge in [0.05, 0.1) is 12.3 Å². The molecule has 3 aromatic rings. The van der Waals surface area contributed by atoms with Gasteiger partial charge in [-0.1, -0.05) is 48.9 Å². The monoisotopic (exact) mass is 394 g/mol. The van der Waals surface area contributed by atoms with Crippen molar-refractivity contribution in [1.82, 2.24) is 4.98 Å². The topological polar surface area (TPSA) is 51.2 Å². The number of thiazole rings is 1. The van der Waals surface area contributed by atoms with Gasteiger partial charge in [0.2, 0.25) is 5.91 Å². The summed E-state index contributed by atoms with van der Waals surface area (Å²) in [6.07, 6.45) is 2.09. The number of aryl methyl sites for hydroxylation is 3. The van der Waals surface area contributed by atoms with Crippen LogP contribution in [0.4, 0.5) is 5.13 Å². The Hall–Kier alpha value is -2.66. The van der Waals surface area contributed by atoms with Crippen molar-refractivity contribution < 1.29 is 9.53 Å². The van der Waals surface area contributed by atoms with Crippen molar-refractivity contribution in [2.75, 3.05) is 11.9 Å². The Balaban J connectivity index is 1.45. The molecule has 2 aromatic carbocycles. The van der Waals surface area contributed by atoms with Crippen LogP contribution >= 0.6 is 11.3 Å². The molecule has 28 heavy (non-hydrogen) atoms. The van der Waals surface area contributed by atoms with E-state index >= 15 is 0 Å². The number of nitrogens with zero attached hydrogens (tertiary/aromatic N) is 1. The summed E-state index contributed by atoms with van der Waals surface area (Å²) in [5.74, 6) is 0.844. The third-order valence-corrected chi connectivity index (χ3v) is 5.30. The van der Waals surface area contributed by atoms with Crippen LogP contribution in [0.15, 0.2) is 47.8 Å². The van der Waals surface area contributed by atoms with Gasteiger partial charge in [0.15, 0.2) is 5.13 Å². The predicted molar refractivity (Wildman–Crippen MR) is 116 cm³/mol. The highest BCUT2D eigenvalue weighted by atomic mass is 32.1. The average molecular weight is 395 g/mol. The fourth-order valence-corrected chi connectivity index (χ4v) is 3.67. The molecule has 146 valence electrons. The zero-order valence-electron chi connectivity index (χ0n) is 16.6. The van der Waals surface area contributed by atoms with Gasteiger partial charge in [-0.2, -0.15) is 0 Å². The molecule has 0 aliphatic carbocycles. The highest BCUT2D eigenvalue weighted by Gasteiger charge is 2.08. The maximum atomic E-state index is 12.2. The number of ether oxygens (including phenoxy) is 1. The molecule has 1 aromatic heterocycles. The summed E-state index contributed by atoms with van der Waals surface area (Å²) in [5.41, 5.74) is 5.59. The molecule has 0 saturated heterocycles. The SMILES string of the molecule is CCc1ccc(-c2csc(NC(=O)CCCOc3ccc(C)cc3C)n2)cc1. The van der Waals surface area contributed by atoms with Crippen LogP contribution < -0.4 is 10.1 Å². The van der Waals surface area contributed by atoms with Gasteiger partial charge in [0.1, 0.15) is 5.75 Å². The van der Waals surface area contributed by atoms with Crippen LogP contribution in [0.3, 0.4) is 0 Å². The average Bonchev–Trinajstić information content (AvgIpc) is 3.15. The van der Waals surface area contributed by atoms with Crippen LogP contribution in [0.5, 0.6) is 5.75 Å². The molecule has 1 heterocycles. The van der Waals surface area contributed by atoms with E-state index in [0.29, 0.717) is 24.6 Å². The molecular formula is C23H26N2O2S. The van der Waals surface area contributed by atoms with Crippen molar-refractivity contribution in [3.63, 3.8) is 0 Å². The molecule has 0 aliphatic rings. The number of carbonyl (C=O) groups is 1. The Bertz CT molecular complexity index is 932. The van der Waals surface area contributed by atoms with Crippen molar-refractivity contribution in [3.8, 4) is 17.0 Å². The molecule has 5 heteroatoms. The minimum absolute atomic E-state index is 0.0357. The molecule has 0 saturated carbocycles. The maximum Gasteiger partial charge on any atom is 0.226 e. The van der Waals surface area contributed by atoms with E-state index in [9.17, 15) is 4.79 Å². The van der Waals surface area contributed by atoms with Crippen molar-refractivity contribution in [2.24, 2.45) is 0 Å². The van der Waals surface area contributed by atoms with Crippen LogP contribution in [0.1, 0.15) is 36.5 Å². The molecule has 1 amide bonds. The number of benzene rings is 2. The van der Waals surface area contributed by atoms with E-state index in [4.69, 9.17) is 4.74 Å². The van der Waals surface area contributed by atoms with E-state index in [2.05, 4.69) is 54.5 Å². The summed E-state index contributed by atoms with van der Waals surface area (Å²) in [5, 5.41) is 5.49. The smallest absolute Gasteiger partial charge is 0.226 e. The van der Waals surface area contributed by atoms with E-state index in [0.717, 1.165) is 29.0 Å². The van der Waals surface area contributed by atoms with Crippen molar-refractivity contribution >= 4 is 22.4 Å². The predicted octanol–water partition coefficient (Wildman–Crippen LogP) is 5.79. The summed E-state index contributed by atoms with van der Waals surface area (Å²) >= 11 is 1.45. The van der Waals surface area contributed by atoms with E-state index in [-0.39, 0.29) is 5.91 Å². The van der Waals surface area contributed by atoms with Crippen LogP contribution in [0.25, 0.3) is 11.3 Å². The van der Waals surface area contributed by atoms with Gasteiger partial charge in [-0.15, -0.1) is 11.3 Å². The minimum atomic E-state index is -0.0357. The van der Waals surface area contributed by atoms with Gasteiger partial charge in [-0.3, -0.25) is 4.79 Å². The molecule has 0 atom stereocenters. The van der Waals surface area contributed by atoms with Crippen LogP contribution in [-0.2, 0) is 11.2 Å². The number of carbonyl (C=O) groups excluding carboxylic acids is 1. The molecule has 3 rings (SSSR count). The lowest BCUT2D eigenvalue weighted by Gasteiger charge is -2.09. The lowest BCUT2D eigenvalue weighted by atomic mass is 10.1. The molecule has 1 N–H and O–H groups in total. The zero-order valence-corrected chi connectivity index (χ0v) is 17.4. The summed E-state index contributed by atoms with van der Waals surface area (Å²) in [6.45, 7) is 6.75. The number of nitrogens with one attached hydrogen (secondary N) is 1. The highest BCUT2D eigenvalue weighted by Crippen LogP contribution is 2.25. The molecule has 0 fully saturated rings. The second-order valence-electron chi connectivity index (χ2n) is 6.86. The fraction of sp³-hybridized carbons (Fsp3) is 0.304. The number of rotatable bonds is 8. The Labute approximate surface area is 170 Å². The standard InChI is InChI=1S/C23H26N2O2S/c1-4-18-8-10-19(11-9-18)20-15-28-23(24-20)25-22(26)6-5-13-27-21-12-7-16(2)14-17(21)3/h7-12,14-15H,4-6,13H2,1-3H3,(H,24,25,26). The van der Waals surface area contributed by atoms with E-state index in [1.807, 2.05) is 24.4 Å². The largest absolute Gasteiger partial charge is 0.493 e. The Morgan fingerprint density at radius 1 is 1.14 bits per heavy atom. The number of hydrogen-bond donors (Lipinski definition) is 1. The first-order chi connectivity index (χ1) is 13.5. The first-order valence-corrected chi connectivity index (χ1v) is 10.5. The molecule has 0 spiro atoms. The van der Waals surface area contributed by atoms with E-state index in [1.165, 1.54) is 22.5 Å². The van der Waals surface area contributed by atoms with Crippen molar-refractivity contribution in [3.05, 3.63) is 64.5 Å². The van der Waals surface area contributed by atoms with Gasteiger partial charge in [0, 0.05) is 17.4 Å². The molecule has 0 unspecified atom stereocenters. The summed E-state index contributed by atoms with van der Waals surface area (Å²) in [4.78, 5) is 16.7. The third-order valence-electron chi connectivity index (χ3n) is 4.54.